The number of thiazole rings is 1. The number of alkyl halides is 2. The molecule has 0 aliphatic carbocycles. The fourth-order valence-corrected chi connectivity index (χ4v) is 5.93. The van der Waals surface area contributed by atoms with Crippen LogP contribution < -0.4 is 4.90 Å². The minimum Gasteiger partial charge on any atom is -0.339 e. The Balaban J connectivity index is 1.47. The molecule has 10 heteroatoms. The van der Waals surface area contributed by atoms with Crippen LogP contribution in [0.2, 0.25) is 0 Å². The quantitative estimate of drug-likeness (QED) is 0.436. The van der Waals surface area contributed by atoms with Crippen molar-refractivity contribution in [3.8, 4) is 10.6 Å². The average Bonchev–Trinajstić information content (AvgIpc) is 3.29. The molecule has 3 aromatic rings. The Kier molecular flexibility index (Phi) is 7.31. The molecule has 202 valence electrons. The molecule has 0 radical (unpaired) electrons. The summed E-state index contributed by atoms with van der Waals surface area (Å²) in [4.78, 5) is 47.9. The van der Waals surface area contributed by atoms with Crippen LogP contribution in [0.3, 0.4) is 0 Å². The summed E-state index contributed by atoms with van der Waals surface area (Å²) >= 11 is 1.23. The summed E-state index contributed by atoms with van der Waals surface area (Å²) in [7, 11) is 0. The van der Waals surface area contributed by atoms with Gasteiger partial charge in [-0.15, -0.1) is 11.3 Å². The molecular weight excluding hydrogens is 522 g/mol. The van der Waals surface area contributed by atoms with Crippen molar-refractivity contribution in [1.29, 1.82) is 0 Å². The second kappa shape index (κ2) is 10.7. The van der Waals surface area contributed by atoms with Crippen LogP contribution in [0.25, 0.3) is 16.1 Å². The van der Waals surface area contributed by atoms with Gasteiger partial charge in [-0.1, -0.05) is 48.5 Å². The smallest absolute Gasteiger partial charge is 0.275 e. The molecule has 7 nitrogen and oxygen atoms in total. The summed E-state index contributed by atoms with van der Waals surface area (Å²) in [6, 6.07) is 16.0. The van der Waals surface area contributed by atoms with Gasteiger partial charge < -0.3 is 14.7 Å². The SMILES string of the molecule is CC(=O)N1CCN(C(=O)C=C2c3ccccc3N(C(=O)c3sc(-c4ccccc4)nc3C)CCC2(F)F)CC1. The summed E-state index contributed by atoms with van der Waals surface area (Å²) < 4.78 is 31.2. The Morgan fingerprint density at radius 1 is 0.923 bits per heavy atom. The molecule has 5 rings (SSSR count). The largest absolute Gasteiger partial charge is 0.339 e. The maximum atomic E-state index is 15.6. The summed E-state index contributed by atoms with van der Waals surface area (Å²) in [6.45, 7) is 4.25. The number of hydrogen-bond donors (Lipinski definition) is 0. The number of piperazine rings is 1. The molecule has 0 unspecified atom stereocenters. The van der Waals surface area contributed by atoms with E-state index in [4.69, 9.17) is 0 Å². The van der Waals surface area contributed by atoms with E-state index in [0.717, 1.165) is 11.6 Å². The molecule has 3 heterocycles. The summed E-state index contributed by atoms with van der Waals surface area (Å²) in [5.41, 5.74) is 1.48. The van der Waals surface area contributed by atoms with Gasteiger partial charge in [0.1, 0.15) is 9.88 Å². The second-order valence-electron chi connectivity index (χ2n) is 9.62. The number of rotatable bonds is 3. The van der Waals surface area contributed by atoms with E-state index in [1.165, 1.54) is 34.1 Å². The van der Waals surface area contributed by atoms with E-state index in [0.29, 0.717) is 34.4 Å². The van der Waals surface area contributed by atoms with Crippen LogP contribution in [0.5, 0.6) is 0 Å². The summed E-state index contributed by atoms with van der Waals surface area (Å²) in [5.74, 6) is -4.35. The van der Waals surface area contributed by atoms with Gasteiger partial charge in [0, 0.05) is 68.8 Å². The van der Waals surface area contributed by atoms with Gasteiger partial charge in [0.2, 0.25) is 11.8 Å². The lowest BCUT2D eigenvalue weighted by Crippen LogP contribution is -2.49. The molecule has 0 bridgehead atoms. The van der Waals surface area contributed by atoms with Crippen LogP contribution in [0.1, 0.15) is 34.3 Å². The van der Waals surface area contributed by atoms with E-state index >= 15 is 8.78 Å². The van der Waals surface area contributed by atoms with E-state index in [-0.39, 0.29) is 31.1 Å². The van der Waals surface area contributed by atoms with Gasteiger partial charge in [-0.05, 0) is 13.0 Å². The molecule has 2 aromatic carbocycles. The Morgan fingerprint density at radius 2 is 1.56 bits per heavy atom. The Hall–Kier alpha value is -3.92. The Labute approximate surface area is 229 Å². The molecule has 0 spiro atoms. The molecule has 39 heavy (non-hydrogen) atoms. The number of para-hydroxylation sites is 1. The molecule has 2 aliphatic heterocycles. The van der Waals surface area contributed by atoms with Crippen LogP contribution in [-0.2, 0) is 9.59 Å². The number of aromatic nitrogens is 1. The maximum Gasteiger partial charge on any atom is 0.275 e. The number of fused-ring (bicyclic) bond motifs is 1. The molecule has 0 N–H and O–H groups in total. The molecular formula is C29H28F2N4O3S. The Morgan fingerprint density at radius 3 is 2.26 bits per heavy atom. The van der Waals surface area contributed by atoms with E-state index in [1.54, 1.807) is 30.0 Å². The van der Waals surface area contributed by atoms with Crippen LogP contribution in [0.4, 0.5) is 14.5 Å². The normalized spacial score (nSPS) is 18.1. The number of halogens is 2. The highest BCUT2D eigenvalue weighted by Gasteiger charge is 2.42. The standard InChI is InChI=1S/C29H28F2N4O3S/c1-19-26(39-27(32-19)21-8-4-3-5-9-21)28(38)35-13-12-29(30,31)23(22-10-6-7-11-24(22)35)18-25(37)34-16-14-33(15-17-34)20(2)36/h3-11,18H,12-17H2,1-2H3. The lowest BCUT2D eigenvalue weighted by atomic mass is 9.96. The number of carbonyl (C=O) groups is 3. The minimum atomic E-state index is -3.33. The average molecular weight is 551 g/mol. The fourth-order valence-electron chi connectivity index (χ4n) is 4.91. The third-order valence-corrected chi connectivity index (χ3v) is 8.28. The predicted octanol–water partition coefficient (Wildman–Crippen LogP) is 4.88. The highest BCUT2D eigenvalue weighted by atomic mass is 32.1. The zero-order chi connectivity index (χ0) is 27.7. The number of anilines is 1. The van der Waals surface area contributed by atoms with Gasteiger partial charge in [0.25, 0.3) is 11.8 Å². The first-order valence-electron chi connectivity index (χ1n) is 12.7. The van der Waals surface area contributed by atoms with Gasteiger partial charge in [-0.3, -0.25) is 14.4 Å². The van der Waals surface area contributed by atoms with Crippen molar-refractivity contribution in [2.24, 2.45) is 0 Å². The van der Waals surface area contributed by atoms with Crippen LogP contribution in [0, 0.1) is 6.92 Å². The molecule has 2 aliphatic rings. The zero-order valence-electron chi connectivity index (χ0n) is 21.7. The van der Waals surface area contributed by atoms with Gasteiger partial charge in [-0.2, -0.15) is 0 Å². The summed E-state index contributed by atoms with van der Waals surface area (Å²) in [5, 5.41) is 0.681. The Bertz CT molecular complexity index is 1450. The van der Waals surface area contributed by atoms with Crippen LogP contribution in [0.15, 0.2) is 60.7 Å². The van der Waals surface area contributed by atoms with E-state index in [9.17, 15) is 14.4 Å². The van der Waals surface area contributed by atoms with Crippen LogP contribution in [-0.4, -0.2) is 71.2 Å². The minimum absolute atomic E-state index is 0.0819. The van der Waals surface area contributed by atoms with Gasteiger partial charge >= 0.3 is 0 Å². The third-order valence-electron chi connectivity index (χ3n) is 7.09. The van der Waals surface area contributed by atoms with Crippen LogP contribution >= 0.6 is 11.3 Å². The number of allylic oxidation sites excluding steroid dienone is 1. The van der Waals surface area contributed by atoms with Crippen molar-refractivity contribution in [2.75, 3.05) is 37.6 Å². The number of aryl methyl sites for hydroxylation is 1. The lowest BCUT2D eigenvalue weighted by molar-refractivity contribution is -0.135. The topological polar surface area (TPSA) is 73.8 Å². The molecule has 0 saturated carbocycles. The highest BCUT2D eigenvalue weighted by Crippen LogP contribution is 2.44. The first-order valence-corrected chi connectivity index (χ1v) is 13.6. The molecule has 1 aromatic heterocycles. The van der Waals surface area contributed by atoms with E-state index < -0.39 is 29.7 Å². The monoisotopic (exact) mass is 550 g/mol. The van der Waals surface area contributed by atoms with Gasteiger partial charge in [0.15, 0.2) is 0 Å². The van der Waals surface area contributed by atoms with E-state index in [1.807, 2.05) is 30.3 Å². The molecule has 0 atom stereocenters. The van der Waals surface area contributed by atoms with Gasteiger partial charge in [-0.25, -0.2) is 13.8 Å². The number of hydrogen-bond acceptors (Lipinski definition) is 5. The maximum absolute atomic E-state index is 15.6. The second-order valence-corrected chi connectivity index (χ2v) is 10.6. The number of carbonyl (C=O) groups excluding carboxylic acids is 3. The molecule has 1 fully saturated rings. The third kappa shape index (κ3) is 5.34. The summed E-state index contributed by atoms with van der Waals surface area (Å²) in [6.07, 6.45) is 0.371. The van der Waals surface area contributed by atoms with Crippen molar-refractivity contribution < 1.29 is 23.2 Å². The first-order chi connectivity index (χ1) is 18.7. The predicted molar refractivity (Wildman–Crippen MR) is 147 cm³/mol. The molecule has 1 saturated heterocycles. The fraction of sp³-hybridized carbons (Fsp3) is 0.310. The molecule has 3 amide bonds. The van der Waals surface area contributed by atoms with Crippen molar-refractivity contribution in [2.45, 2.75) is 26.2 Å². The van der Waals surface area contributed by atoms with Crippen molar-refractivity contribution >= 4 is 40.3 Å². The van der Waals surface area contributed by atoms with Crippen molar-refractivity contribution in [3.05, 3.63) is 76.8 Å². The highest BCUT2D eigenvalue weighted by molar-refractivity contribution is 7.17. The number of benzene rings is 2. The zero-order valence-corrected chi connectivity index (χ0v) is 22.5. The number of amides is 3. The lowest BCUT2D eigenvalue weighted by Gasteiger charge is -2.34. The van der Waals surface area contributed by atoms with Gasteiger partial charge in [0.05, 0.1) is 11.4 Å². The van der Waals surface area contributed by atoms with Crippen molar-refractivity contribution in [3.63, 3.8) is 0 Å². The first kappa shape index (κ1) is 26.7. The number of nitrogens with zero attached hydrogens (tertiary/aromatic N) is 4. The van der Waals surface area contributed by atoms with E-state index in [2.05, 4.69) is 4.98 Å². The van der Waals surface area contributed by atoms with Crippen molar-refractivity contribution in [1.82, 2.24) is 14.8 Å².